The lowest BCUT2D eigenvalue weighted by Gasteiger charge is -1.81. The smallest absolute Gasteiger partial charge is 0.0817 e. The van der Waals surface area contributed by atoms with E-state index in [-0.39, 0.29) is 0 Å². The van der Waals surface area contributed by atoms with Crippen molar-refractivity contribution in [3.8, 4) is 0 Å². The van der Waals surface area contributed by atoms with Crippen molar-refractivity contribution in [2.75, 3.05) is 6.61 Å². The zero-order valence-electron chi connectivity index (χ0n) is 3.27. The van der Waals surface area contributed by atoms with Crippen LogP contribution in [-0.4, -0.2) is 11.9 Å². The highest BCUT2D eigenvalue weighted by Gasteiger charge is 1.68. The van der Waals surface area contributed by atoms with E-state index in [1.54, 1.807) is 0 Å². The Morgan fingerprint density at radius 2 is 2.40 bits per heavy atom. The van der Waals surface area contributed by atoms with Crippen LogP contribution < -0.4 is 0 Å². The van der Waals surface area contributed by atoms with Crippen LogP contribution in [-0.2, 0) is 4.89 Å². The van der Waals surface area contributed by atoms with Crippen molar-refractivity contribution in [2.24, 2.45) is 0 Å². The Balaban J connectivity index is 2.19. The van der Waals surface area contributed by atoms with E-state index in [1.165, 1.54) is 0 Å². The first kappa shape index (κ1) is 4.92. The van der Waals surface area contributed by atoms with Gasteiger partial charge in [0, 0.05) is 0 Å². The molecule has 0 saturated heterocycles. The fourth-order valence-electron chi connectivity index (χ4n) is 0.0913. The zero-order valence-corrected chi connectivity index (χ0v) is 3.27. The van der Waals surface area contributed by atoms with E-state index in [2.05, 4.69) is 4.89 Å². The van der Waals surface area contributed by atoms with Crippen molar-refractivity contribution in [1.29, 1.82) is 0 Å². The monoisotopic (exact) mass is 76.1 g/mol. The van der Waals surface area contributed by atoms with E-state index >= 15 is 0 Å². The first-order valence-corrected chi connectivity index (χ1v) is 1.68. The van der Waals surface area contributed by atoms with Crippen LogP contribution in [0.25, 0.3) is 0 Å². The molecule has 0 fully saturated rings. The molecule has 0 rings (SSSR count). The SMILES string of the molecule is CCCOO. The summed E-state index contributed by atoms with van der Waals surface area (Å²) in [4.78, 5) is 3.69. The summed E-state index contributed by atoms with van der Waals surface area (Å²) in [5, 5.41) is 7.57. The Morgan fingerprint density at radius 1 is 1.80 bits per heavy atom. The lowest BCUT2D eigenvalue weighted by molar-refractivity contribution is -0.241. The molecule has 0 aliphatic carbocycles. The standard InChI is InChI=1S/C3H8O2/c1-2-3-5-4/h4H,2-3H2,1H3. The molecule has 0 radical (unpaired) electrons. The van der Waals surface area contributed by atoms with Gasteiger partial charge in [-0.15, -0.1) is 0 Å². The van der Waals surface area contributed by atoms with E-state index in [0.717, 1.165) is 6.42 Å². The van der Waals surface area contributed by atoms with Crippen molar-refractivity contribution in [1.82, 2.24) is 0 Å². The van der Waals surface area contributed by atoms with Gasteiger partial charge in [0.1, 0.15) is 0 Å². The predicted octanol–water partition coefficient (Wildman–Crippen LogP) is 0.886. The van der Waals surface area contributed by atoms with Crippen LogP contribution >= 0.6 is 0 Å². The molecule has 0 aliphatic rings. The van der Waals surface area contributed by atoms with Crippen LogP contribution in [0.1, 0.15) is 13.3 Å². The highest BCUT2D eigenvalue weighted by molar-refractivity contribution is 4.12. The van der Waals surface area contributed by atoms with Crippen LogP contribution in [0.4, 0.5) is 0 Å². The summed E-state index contributed by atoms with van der Waals surface area (Å²) in [5.41, 5.74) is 0. The van der Waals surface area contributed by atoms with Crippen molar-refractivity contribution >= 4 is 0 Å². The largest absolute Gasteiger partial charge is 0.252 e. The van der Waals surface area contributed by atoms with Gasteiger partial charge < -0.3 is 0 Å². The molecule has 2 heteroatoms. The van der Waals surface area contributed by atoms with Gasteiger partial charge >= 0.3 is 0 Å². The molecule has 1 N–H and O–H groups in total. The van der Waals surface area contributed by atoms with Gasteiger partial charge in [0.05, 0.1) is 6.61 Å². The summed E-state index contributed by atoms with van der Waals surface area (Å²) in [6.07, 6.45) is 0.872. The second-order valence-electron chi connectivity index (χ2n) is 0.833. The predicted molar refractivity (Wildman–Crippen MR) is 18.9 cm³/mol. The third-order valence-electron chi connectivity index (χ3n) is 0.295. The fraction of sp³-hybridized carbons (Fsp3) is 1.00. The average Bonchev–Trinajstić information content (AvgIpc) is 1.41. The minimum atomic E-state index is 0.444. The van der Waals surface area contributed by atoms with Crippen LogP contribution in [0.15, 0.2) is 0 Å². The molecule has 0 aromatic heterocycles. The quantitative estimate of drug-likeness (QED) is 0.391. The van der Waals surface area contributed by atoms with Gasteiger partial charge in [0.25, 0.3) is 0 Å². The third-order valence-corrected chi connectivity index (χ3v) is 0.295. The zero-order chi connectivity index (χ0) is 4.12. The fourth-order valence-corrected chi connectivity index (χ4v) is 0.0913. The first-order chi connectivity index (χ1) is 2.41. The Morgan fingerprint density at radius 3 is 2.40 bits per heavy atom. The molecule has 0 atom stereocenters. The Bertz CT molecular complexity index is 12.4. The molecule has 0 aromatic carbocycles. The van der Waals surface area contributed by atoms with Gasteiger partial charge in [-0.05, 0) is 6.42 Å². The van der Waals surface area contributed by atoms with E-state index in [9.17, 15) is 0 Å². The molecule has 0 aromatic rings. The van der Waals surface area contributed by atoms with Crippen molar-refractivity contribution in [2.45, 2.75) is 13.3 Å². The highest BCUT2D eigenvalue weighted by Crippen LogP contribution is 1.70. The molecule has 0 saturated carbocycles. The average molecular weight is 76.1 g/mol. The summed E-state index contributed by atoms with van der Waals surface area (Å²) >= 11 is 0. The molecule has 0 spiro atoms. The second-order valence-corrected chi connectivity index (χ2v) is 0.833. The minimum Gasteiger partial charge on any atom is -0.252 e. The van der Waals surface area contributed by atoms with E-state index in [1.807, 2.05) is 6.92 Å². The Hall–Kier alpha value is -0.0800. The van der Waals surface area contributed by atoms with Gasteiger partial charge in [0.2, 0.25) is 0 Å². The van der Waals surface area contributed by atoms with Gasteiger partial charge in [-0.1, -0.05) is 6.92 Å². The van der Waals surface area contributed by atoms with Gasteiger partial charge in [-0.2, -0.15) is 0 Å². The van der Waals surface area contributed by atoms with Crippen molar-refractivity contribution < 1.29 is 10.1 Å². The summed E-state index contributed by atoms with van der Waals surface area (Å²) in [7, 11) is 0. The van der Waals surface area contributed by atoms with Crippen LogP contribution in [0.3, 0.4) is 0 Å². The number of hydrogen-bond acceptors (Lipinski definition) is 2. The van der Waals surface area contributed by atoms with E-state index in [0.29, 0.717) is 6.61 Å². The van der Waals surface area contributed by atoms with Crippen molar-refractivity contribution in [3.05, 3.63) is 0 Å². The summed E-state index contributed by atoms with van der Waals surface area (Å²) in [6, 6.07) is 0. The van der Waals surface area contributed by atoms with E-state index in [4.69, 9.17) is 5.26 Å². The third kappa shape index (κ3) is 3.92. The lowest BCUT2D eigenvalue weighted by Crippen LogP contribution is -1.81. The number of rotatable bonds is 2. The van der Waals surface area contributed by atoms with Crippen LogP contribution in [0, 0.1) is 0 Å². The molecular weight excluding hydrogens is 68.0 g/mol. The van der Waals surface area contributed by atoms with Crippen molar-refractivity contribution in [3.63, 3.8) is 0 Å². The van der Waals surface area contributed by atoms with Gasteiger partial charge in [-0.3, -0.25) is 5.26 Å². The minimum absolute atomic E-state index is 0.444. The lowest BCUT2D eigenvalue weighted by atomic mass is 10.5. The summed E-state index contributed by atoms with van der Waals surface area (Å²) in [5.74, 6) is 0. The molecule has 0 unspecified atom stereocenters. The maximum absolute atomic E-state index is 7.57. The Kier molecular flexibility index (Phi) is 3.86. The molecule has 0 amide bonds. The first-order valence-electron chi connectivity index (χ1n) is 1.68. The molecule has 2 nitrogen and oxygen atoms in total. The molecule has 5 heavy (non-hydrogen) atoms. The maximum Gasteiger partial charge on any atom is 0.0817 e. The van der Waals surface area contributed by atoms with Crippen LogP contribution in [0.2, 0.25) is 0 Å². The van der Waals surface area contributed by atoms with Crippen LogP contribution in [0.5, 0.6) is 0 Å². The van der Waals surface area contributed by atoms with Gasteiger partial charge in [0.15, 0.2) is 0 Å². The molecule has 0 bridgehead atoms. The topological polar surface area (TPSA) is 29.5 Å². The number of hydrogen-bond donors (Lipinski definition) is 1. The molecule has 0 heterocycles. The summed E-state index contributed by atoms with van der Waals surface area (Å²) in [6.45, 7) is 2.37. The summed E-state index contributed by atoms with van der Waals surface area (Å²) < 4.78 is 0. The maximum atomic E-state index is 7.57. The van der Waals surface area contributed by atoms with E-state index < -0.39 is 0 Å². The Labute approximate surface area is 31.3 Å². The normalized spacial score (nSPS) is 8.40. The highest BCUT2D eigenvalue weighted by atomic mass is 17.1. The molecule has 32 valence electrons. The second kappa shape index (κ2) is 3.92. The molecule has 0 aliphatic heterocycles. The molecular formula is C3H8O2. The van der Waals surface area contributed by atoms with Gasteiger partial charge in [-0.25, -0.2) is 4.89 Å².